The molecule has 19 heavy (non-hydrogen) atoms. The number of hydrogen-bond donors (Lipinski definition) is 1. The summed E-state index contributed by atoms with van der Waals surface area (Å²) in [5, 5.41) is 6.51. The normalized spacial score (nSPS) is 18.0. The molecule has 0 radical (unpaired) electrons. The standard InChI is InChI=1S/C14H26N4S/c1-15-8-13-16-12(10-19-13)9-18(4)11-14(17(2)3)6-5-7-14/h10,15H,5-9,11H2,1-4H3. The molecule has 108 valence electrons. The summed E-state index contributed by atoms with van der Waals surface area (Å²) in [5.41, 5.74) is 1.60. The van der Waals surface area contributed by atoms with Gasteiger partial charge in [0.1, 0.15) is 5.01 Å². The molecule has 1 aromatic heterocycles. The molecule has 4 nitrogen and oxygen atoms in total. The van der Waals surface area contributed by atoms with E-state index in [9.17, 15) is 0 Å². The molecule has 0 atom stereocenters. The lowest BCUT2D eigenvalue weighted by atomic mass is 9.75. The van der Waals surface area contributed by atoms with E-state index in [2.05, 4.69) is 46.6 Å². The van der Waals surface area contributed by atoms with Gasteiger partial charge >= 0.3 is 0 Å². The molecule has 1 aromatic rings. The Bertz CT molecular complexity index is 398. The highest BCUT2D eigenvalue weighted by atomic mass is 32.1. The van der Waals surface area contributed by atoms with Crippen LogP contribution in [0.2, 0.25) is 0 Å². The highest BCUT2D eigenvalue weighted by Gasteiger charge is 2.39. The van der Waals surface area contributed by atoms with E-state index < -0.39 is 0 Å². The van der Waals surface area contributed by atoms with Crippen molar-refractivity contribution in [2.75, 3.05) is 34.7 Å². The van der Waals surface area contributed by atoms with Crippen molar-refractivity contribution in [1.82, 2.24) is 20.1 Å². The summed E-state index contributed by atoms with van der Waals surface area (Å²) in [6.07, 6.45) is 4.02. The largest absolute Gasteiger partial charge is 0.314 e. The molecular formula is C14H26N4S. The maximum absolute atomic E-state index is 4.66. The average molecular weight is 282 g/mol. The third kappa shape index (κ3) is 3.54. The summed E-state index contributed by atoms with van der Waals surface area (Å²) < 4.78 is 0. The first-order valence-corrected chi connectivity index (χ1v) is 7.87. The van der Waals surface area contributed by atoms with Gasteiger partial charge in [0.25, 0.3) is 0 Å². The van der Waals surface area contributed by atoms with Crippen LogP contribution in [-0.4, -0.2) is 55.1 Å². The van der Waals surface area contributed by atoms with Gasteiger partial charge in [-0.05, 0) is 47.5 Å². The van der Waals surface area contributed by atoms with Crippen LogP contribution in [0.15, 0.2) is 5.38 Å². The Balaban J connectivity index is 1.87. The van der Waals surface area contributed by atoms with E-state index in [1.165, 1.54) is 30.0 Å². The summed E-state index contributed by atoms with van der Waals surface area (Å²) in [4.78, 5) is 9.48. The average Bonchev–Trinajstić information content (AvgIpc) is 2.71. The molecule has 0 bridgehead atoms. The molecule has 0 unspecified atom stereocenters. The molecule has 0 amide bonds. The molecule has 2 rings (SSSR count). The van der Waals surface area contributed by atoms with Crippen molar-refractivity contribution in [3.8, 4) is 0 Å². The van der Waals surface area contributed by atoms with Crippen LogP contribution in [0.25, 0.3) is 0 Å². The molecule has 0 spiro atoms. The minimum Gasteiger partial charge on any atom is -0.314 e. The maximum Gasteiger partial charge on any atom is 0.107 e. The number of thiazole rings is 1. The lowest BCUT2D eigenvalue weighted by Crippen LogP contribution is -2.56. The lowest BCUT2D eigenvalue weighted by molar-refractivity contribution is 0.0256. The fourth-order valence-electron chi connectivity index (χ4n) is 2.82. The molecule has 1 aliphatic carbocycles. The summed E-state index contributed by atoms with van der Waals surface area (Å²) in [7, 11) is 8.59. The van der Waals surface area contributed by atoms with Crippen molar-refractivity contribution in [3.63, 3.8) is 0 Å². The van der Waals surface area contributed by atoms with Gasteiger partial charge < -0.3 is 10.2 Å². The predicted molar refractivity (Wildman–Crippen MR) is 81.5 cm³/mol. The van der Waals surface area contributed by atoms with Crippen LogP contribution in [0.5, 0.6) is 0 Å². The van der Waals surface area contributed by atoms with E-state index in [0.717, 1.165) is 19.6 Å². The summed E-state index contributed by atoms with van der Waals surface area (Å²) >= 11 is 1.75. The number of hydrogen-bond acceptors (Lipinski definition) is 5. The number of rotatable bonds is 7. The van der Waals surface area contributed by atoms with Crippen LogP contribution in [0, 0.1) is 0 Å². The molecule has 1 heterocycles. The number of nitrogens with zero attached hydrogens (tertiary/aromatic N) is 3. The highest BCUT2D eigenvalue weighted by molar-refractivity contribution is 7.09. The van der Waals surface area contributed by atoms with Crippen LogP contribution in [0.4, 0.5) is 0 Å². The Morgan fingerprint density at radius 3 is 2.63 bits per heavy atom. The minimum atomic E-state index is 0.401. The molecule has 5 heteroatoms. The van der Waals surface area contributed by atoms with E-state index in [1.807, 2.05) is 7.05 Å². The van der Waals surface area contributed by atoms with Crippen LogP contribution >= 0.6 is 11.3 Å². The molecule has 1 N–H and O–H groups in total. The van der Waals surface area contributed by atoms with E-state index in [-0.39, 0.29) is 0 Å². The van der Waals surface area contributed by atoms with Gasteiger partial charge in [0.2, 0.25) is 0 Å². The van der Waals surface area contributed by atoms with E-state index in [1.54, 1.807) is 11.3 Å². The fourth-order valence-corrected chi connectivity index (χ4v) is 3.62. The predicted octanol–water partition coefficient (Wildman–Crippen LogP) is 1.78. The zero-order chi connectivity index (χ0) is 13.9. The topological polar surface area (TPSA) is 31.4 Å². The molecular weight excluding hydrogens is 256 g/mol. The first-order chi connectivity index (χ1) is 9.05. The molecule has 0 saturated heterocycles. The van der Waals surface area contributed by atoms with Crippen LogP contribution in [-0.2, 0) is 13.1 Å². The zero-order valence-corrected chi connectivity index (χ0v) is 13.4. The third-order valence-electron chi connectivity index (χ3n) is 4.16. The van der Waals surface area contributed by atoms with E-state index in [0.29, 0.717) is 5.54 Å². The monoisotopic (exact) mass is 282 g/mol. The van der Waals surface area contributed by atoms with Crippen LogP contribution in [0.1, 0.15) is 30.0 Å². The minimum absolute atomic E-state index is 0.401. The van der Waals surface area contributed by atoms with E-state index in [4.69, 9.17) is 0 Å². The summed E-state index contributed by atoms with van der Waals surface area (Å²) in [5.74, 6) is 0. The van der Waals surface area contributed by atoms with Gasteiger partial charge in [-0.3, -0.25) is 4.90 Å². The van der Waals surface area contributed by atoms with E-state index >= 15 is 0 Å². The second-order valence-electron chi connectivity index (χ2n) is 5.91. The maximum atomic E-state index is 4.66. The van der Waals surface area contributed by atoms with Crippen molar-refractivity contribution in [2.24, 2.45) is 0 Å². The quantitative estimate of drug-likeness (QED) is 0.826. The van der Waals surface area contributed by atoms with Crippen molar-refractivity contribution < 1.29 is 0 Å². The van der Waals surface area contributed by atoms with Gasteiger partial charge in [0.05, 0.1) is 5.69 Å². The molecule has 0 aliphatic heterocycles. The van der Waals surface area contributed by atoms with Crippen molar-refractivity contribution in [1.29, 1.82) is 0 Å². The zero-order valence-electron chi connectivity index (χ0n) is 12.6. The Labute approximate surface area is 120 Å². The Morgan fingerprint density at radius 1 is 1.37 bits per heavy atom. The first-order valence-electron chi connectivity index (χ1n) is 6.99. The highest BCUT2D eigenvalue weighted by Crippen LogP contribution is 2.36. The summed E-state index contributed by atoms with van der Waals surface area (Å²) in [6.45, 7) is 2.96. The fraction of sp³-hybridized carbons (Fsp3) is 0.786. The third-order valence-corrected chi connectivity index (χ3v) is 5.05. The van der Waals surface area contributed by atoms with Crippen LogP contribution in [0.3, 0.4) is 0 Å². The molecule has 1 saturated carbocycles. The van der Waals surface area contributed by atoms with Gasteiger partial charge in [0.15, 0.2) is 0 Å². The van der Waals surface area contributed by atoms with Crippen molar-refractivity contribution >= 4 is 11.3 Å². The van der Waals surface area contributed by atoms with Gasteiger partial charge in [-0.25, -0.2) is 4.98 Å². The second kappa shape index (κ2) is 6.31. The first kappa shape index (κ1) is 14.9. The second-order valence-corrected chi connectivity index (χ2v) is 6.85. The molecule has 0 aromatic carbocycles. The van der Waals surface area contributed by atoms with Gasteiger partial charge in [0, 0.05) is 30.6 Å². The van der Waals surface area contributed by atoms with Crippen LogP contribution < -0.4 is 5.32 Å². The lowest BCUT2D eigenvalue weighted by Gasteiger charge is -2.49. The molecule has 1 fully saturated rings. The Morgan fingerprint density at radius 2 is 2.11 bits per heavy atom. The smallest absolute Gasteiger partial charge is 0.107 e. The van der Waals surface area contributed by atoms with Gasteiger partial charge in [-0.1, -0.05) is 0 Å². The summed E-state index contributed by atoms with van der Waals surface area (Å²) in [6, 6.07) is 0. The number of likely N-dealkylation sites (N-methyl/N-ethyl adjacent to an activating group) is 2. The van der Waals surface area contributed by atoms with Crippen molar-refractivity contribution in [2.45, 2.75) is 37.9 Å². The number of aromatic nitrogens is 1. The van der Waals surface area contributed by atoms with Gasteiger partial charge in [-0.2, -0.15) is 0 Å². The Hall–Kier alpha value is -0.490. The molecule has 1 aliphatic rings. The van der Waals surface area contributed by atoms with Crippen molar-refractivity contribution in [3.05, 3.63) is 16.1 Å². The Kier molecular flexibility index (Phi) is 4.95. The number of nitrogens with one attached hydrogen (secondary N) is 1. The van der Waals surface area contributed by atoms with Gasteiger partial charge in [-0.15, -0.1) is 11.3 Å². The SMILES string of the molecule is CNCc1nc(CN(C)CC2(N(C)C)CCC2)cs1.